The van der Waals surface area contributed by atoms with Gasteiger partial charge < -0.3 is 15.5 Å². The number of rotatable bonds is 3. The zero-order valence-electron chi connectivity index (χ0n) is 7.95. The van der Waals surface area contributed by atoms with Crippen molar-refractivity contribution in [3.63, 3.8) is 0 Å². The van der Waals surface area contributed by atoms with Crippen LogP contribution in [0.25, 0.3) is 0 Å². The lowest BCUT2D eigenvalue weighted by Gasteiger charge is -2.06. The van der Waals surface area contributed by atoms with Gasteiger partial charge in [0.05, 0.1) is 13.2 Å². The SMILES string of the molecule is CC(=O)Nc1cc(CO)cc(CO)c1. The Morgan fingerprint density at radius 3 is 2.07 bits per heavy atom. The maximum atomic E-state index is 10.8. The van der Waals surface area contributed by atoms with Gasteiger partial charge in [0.1, 0.15) is 0 Å². The normalized spacial score (nSPS) is 9.93. The van der Waals surface area contributed by atoms with Crippen molar-refractivity contribution in [2.75, 3.05) is 5.32 Å². The van der Waals surface area contributed by atoms with E-state index in [1.54, 1.807) is 18.2 Å². The van der Waals surface area contributed by atoms with Crippen LogP contribution in [0.5, 0.6) is 0 Å². The first-order valence-electron chi connectivity index (χ1n) is 4.28. The van der Waals surface area contributed by atoms with E-state index in [-0.39, 0.29) is 19.1 Å². The summed E-state index contributed by atoms with van der Waals surface area (Å²) < 4.78 is 0. The third-order valence-corrected chi connectivity index (χ3v) is 1.74. The number of aliphatic hydroxyl groups is 2. The summed E-state index contributed by atoms with van der Waals surface area (Å²) in [5.74, 6) is -0.177. The number of amides is 1. The van der Waals surface area contributed by atoms with Crippen molar-refractivity contribution >= 4 is 11.6 Å². The molecule has 0 saturated carbocycles. The van der Waals surface area contributed by atoms with Gasteiger partial charge in [0, 0.05) is 12.6 Å². The molecule has 0 aliphatic carbocycles. The molecule has 4 nitrogen and oxygen atoms in total. The first-order valence-corrected chi connectivity index (χ1v) is 4.28. The van der Waals surface area contributed by atoms with Crippen LogP contribution in [-0.4, -0.2) is 16.1 Å². The monoisotopic (exact) mass is 195 g/mol. The number of hydrogen-bond donors (Lipinski definition) is 3. The lowest BCUT2D eigenvalue weighted by Crippen LogP contribution is -2.06. The molecule has 4 heteroatoms. The van der Waals surface area contributed by atoms with E-state index >= 15 is 0 Å². The van der Waals surface area contributed by atoms with Crippen LogP contribution >= 0.6 is 0 Å². The van der Waals surface area contributed by atoms with Crippen LogP contribution in [0.1, 0.15) is 18.1 Å². The van der Waals surface area contributed by atoms with Crippen LogP contribution in [0, 0.1) is 0 Å². The molecule has 1 rings (SSSR count). The van der Waals surface area contributed by atoms with Crippen molar-refractivity contribution in [1.82, 2.24) is 0 Å². The summed E-state index contributed by atoms with van der Waals surface area (Å²) in [5, 5.41) is 20.4. The Balaban J connectivity index is 2.98. The standard InChI is InChI=1S/C10H13NO3/c1-7(14)11-10-3-8(5-12)2-9(4-10)6-13/h2-4,12-13H,5-6H2,1H3,(H,11,14). The molecule has 0 bridgehead atoms. The van der Waals surface area contributed by atoms with Crippen molar-refractivity contribution in [2.24, 2.45) is 0 Å². The molecule has 0 atom stereocenters. The zero-order chi connectivity index (χ0) is 10.6. The number of anilines is 1. The Hall–Kier alpha value is -1.39. The highest BCUT2D eigenvalue weighted by Crippen LogP contribution is 2.15. The highest BCUT2D eigenvalue weighted by Gasteiger charge is 2.01. The van der Waals surface area contributed by atoms with E-state index in [1.807, 2.05) is 0 Å². The second-order valence-electron chi connectivity index (χ2n) is 3.04. The predicted molar refractivity (Wildman–Crippen MR) is 52.6 cm³/mol. The molecule has 0 fully saturated rings. The van der Waals surface area contributed by atoms with Crippen molar-refractivity contribution in [1.29, 1.82) is 0 Å². The minimum atomic E-state index is -0.177. The van der Waals surface area contributed by atoms with Gasteiger partial charge in [0.2, 0.25) is 5.91 Å². The van der Waals surface area contributed by atoms with E-state index in [9.17, 15) is 4.79 Å². The van der Waals surface area contributed by atoms with Gasteiger partial charge in [-0.15, -0.1) is 0 Å². The van der Waals surface area contributed by atoms with Gasteiger partial charge in [-0.05, 0) is 23.3 Å². The van der Waals surface area contributed by atoms with Crippen LogP contribution < -0.4 is 5.32 Å². The maximum Gasteiger partial charge on any atom is 0.221 e. The highest BCUT2D eigenvalue weighted by atomic mass is 16.3. The number of benzene rings is 1. The third kappa shape index (κ3) is 2.83. The Bertz CT molecular complexity index is 314. The number of carbonyl (C=O) groups excluding carboxylic acids is 1. The Morgan fingerprint density at radius 1 is 1.21 bits per heavy atom. The maximum absolute atomic E-state index is 10.8. The average Bonchev–Trinajstić information content (AvgIpc) is 2.16. The summed E-state index contributed by atoms with van der Waals surface area (Å²) in [6.07, 6.45) is 0. The van der Waals surface area contributed by atoms with Crippen LogP contribution in [-0.2, 0) is 18.0 Å². The topological polar surface area (TPSA) is 69.6 Å². The summed E-state index contributed by atoms with van der Waals surface area (Å²) in [5.41, 5.74) is 1.92. The van der Waals surface area contributed by atoms with Crippen molar-refractivity contribution in [3.8, 4) is 0 Å². The molecule has 1 aromatic rings. The Labute approximate surface area is 82.2 Å². The summed E-state index contributed by atoms with van der Waals surface area (Å²) in [7, 11) is 0. The first-order chi connectivity index (χ1) is 6.65. The Kier molecular flexibility index (Phi) is 3.62. The van der Waals surface area contributed by atoms with Crippen molar-refractivity contribution in [3.05, 3.63) is 29.3 Å². The molecule has 0 saturated heterocycles. The summed E-state index contributed by atoms with van der Waals surface area (Å²) in [6, 6.07) is 5.02. The molecular weight excluding hydrogens is 182 g/mol. The fourth-order valence-corrected chi connectivity index (χ4v) is 1.22. The van der Waals surface area contributed by atoms with E-state index in [0.717, 1.165) is 0 Å². The van der Waals surface area contributed by atoms with Gasteiger partial charge in [-0.25, -0.2) is 0 Å². The van der Waals surface area contributed by atoms with E-state index < -0.39 is 0 Å². The van der Waals surface area contributed by atoms with Crippen LogP contribution in [0.3, 0.4) is 0 Å². The largest absolute Gasteiger partial charge is 0.392 e. The predicted octanol–water partition coefficient (Wildman–Crippen LogP) is 0.630. The molecule has 14 heavy (non-hydrogen) atoms. The third-order valence-electron chi connectivity index (χ3n) is 1.74. The minimum Gasteiger partial charge on any atom is -0.392 e. The molecule has 76 valence electrons. The molecule has 3 N–H and O–H groups in total. The average molecular weight is 195 g/mol. The number of nitrogens with one attached hydrogen (secondary N) is 1. The van der Waals surface area contributed by atoms with E-state index in [2.05, 4.69) is 5.32 Å². The molecule has 0 unspecified atom stereocenters. The van der Waals surface area contributed by atoms with Gasteiger partial charge in [-0.1, -0.05) is 6.07 Å². The van der Waals surface area contributed by atoms with Gasteiger partial charge in [-0.3, -0.25) is 4.79 Å². The second-order valence-corrected chi connectivity index (χ2v) is 3.04. The lowest BCUT2D eigenvalue weighted by atomic mass is 10.1. The Morgan fingerprint density at radius 2 is 1.71 bits per heavy atom. The number of aliphatic hydroxyl groups excluding tert-OH is 2. The number of hydrogen-bond acceptors (Lipinski definition) is 3. The lowest BCUT2D eigenvalue weighted by molar-refractivity contribution is -0.114. The quantitative estimate of drug-likeness (QED) is 0.662. The first kappa shape index (κ1) is 10.7. The summed E-state index contributed by atoms with van der Waals surface area (Å²) >= 11 is 0. The molecule has 0 heterocycles. The van der Waals surface area contributed by atoms with Crippen LogP contribution in [0.4, 0.5) is 5.69 Å². The van der Waals surface area contributed by atoms with Gasteiger partial charge in [0.25, 0.3) is 0 Å². The smallest absolute Gasteiger partial charge is 0.221 e. The van der Waals surface area contributed by atoms with Crippen molar-refractivity contribution in [2.45, 2.75) is 20.1 Å². The molecule has 1 aromatic carbocycles. The zero-order valence-corrected chi connectivity index (χ0v) is 7.95. The molecular formula is C10H13NO3. The van der Waals surface area contributed by atoms with Gasteiger partial charge in [-0.2, -0.15) is 0 Å². The molecule has 0 spiro atoms. The number of carbonyl (C=O) groups is 1. The van der Waals surface area contributed by atoms with Gasteiger partial charge in [0.15, 0.2) is 0 Å². The second kappa shape index (κ2) is 4.74. The van der Waals surface area contributed by atoms with E-state index in [4.69, 9.17) is 10.2 Å². The molecule has 0 aliphatic rings. The fourth-order valence-electron chi connectivity index (χ4n) is 1.22. The van der Waals surface area contributed by atoms with Crippen LogP contribution in [0.2, 0.25) is 0 Å². The van der Waals surface area contributed by atoms with Crippen LogP contribution in [0.15, 0.2) is 18.2 Å². The highest BCUT2D eigenvalue weighted by molar-refractivity contribution is 5.88. The molecule has 0 radical (unpaired) electrons. The molecule has 0 aromatic heterocycles. The minimum absolute atomic E-state index is 0.111. The molecule has 0 aliphatic heterocycles. The van der Waals surface area contributed by atoms with Crippen molar-refractivity contribution < 1.29 is 15.0 Å². The summed E-state index contributed by atoms with van der Waals surface area (Å²) in [4.78, 5) is 10.8. The molecule has 1 amide bonds. The van der Waals surface area contributed by atoms with E-state index in [1.165, 1.54) is 6.92 Å². The summed E-state index contributed by atoms with van der Waals surface area (Å²) in [6.45, 7) is 1.19. The van der Waals surface area contributed by atoms with E-state index in [0.29, 0.717) is 16.8 Å². The fraction of sp³-hybridized carbons (Fsp3) is 0.300. The van der Waals surface area contributed by atoms with Gasteiger partial charge >= 0.3 is 0 Å².